The Hall–Kier alpha value is -2.82. The second-order valence-electron chi connectivity index (χ2n) is 26.6. The van der Waals surface area contributed by atoms with Crippen molar-refractivity contribution in [2.75, 3.05) is 26.4 Å². The van der Waals surface area contributed by atoms with Gasteiger partial charge in [0.05, 0.1) is 13.2 Å². The number of phosphoric acid groups is 1. The first-order chi connectivity index (χ1) is 46.8. The van der Waals surface area contributed by atoms with Crippen molar-refractivity contribution in [1.82, 2.24) is 0 Å². The van der Waals surface area contributed by atoms with Gasteiger partial charge in [-0.15, -0.1) is 0 Å². The number of aliphatic hydroxyl groups excluding tert-OH is 10. The van der Waals surface area contributed by atoms with E-state index >= 15 is 0 Å². The highest BCUT2D eigenvalue weighted by molar-refractivity contribution is 7.47. The normalized spacial score (nSPS) is 28.0. The number of ether oxygens (including phenoxy) is 7. The maximum atomic E-state index is 14.3. The highest BCUT2D eigenvalue weighted by Crippen LogP contribution is 2.49. The molecule has 2 saturated heterocycles. The van der Waals surface area contributed by atoms with Crippen LogP contribution in [0.5, 0.6) is 0 Å². The fraction of sp³-hybridized carbons (Fsp3) is 0.875. The summed E-state index contributed by atoms with van der Waals surface area (Å²) in [7, 11) is -5.70. The van der Waals surface area contributed by atoms with Crippen LogP contribution in [0.25, 0.3) is 0 Å². The molecule has 0 radical (unpaired) electrons. The molecule has 566 valence electrons. The third kappa shape index (κ3) is 37.3. The average molecular weight is 1410 g/mol. The summed E-state index contributed by atoms with van der Waals surface area (Å²) in [5, 5.41) is 110. The molecule has 25 heteroatoms. The van der Waals surface area contributed by atoms with Gasteiger partial charge in [-0.05, 0) is 96.3 Å². The van der Waals surface area contributed by atoms with E-state index in [2.05, 4.69) is 57.2 Å². The molecule has 1 aliphatic carbocycles. The van der Waals surface area contributed by atoms with E-state index in [4.69, 9.17) is 42.2 Å². The zero-order valence-corrected chi connectivity index (χ0v) is 59.8. The molecule has 0 aromatic heterocycles. The third-order valence-corrected chi connectivity index (χ3v) is 19.1. The van der Waals surface area contributed by atoms with Gasteiger partial charge in [0.15, 0.2) is 18.7 Å². The van der Waals surface area contributed by atoms with Crippen molar-refractivity contribution >= 4 is 25.7 Å². The molecule has 3 fully saturated rings. The molecule has 0 aromatic rings. The van der Waals surface area contributed by atoms with Gasteiger partial charge in [-0.25, -0.2) is 4.57 Å². The third-order valence-electron chi connectivity index (χ3n) is 18.1. The van der Waals surface area contributed by atoms with Crippen LogP contribution in [0.1, 0.15) is 271 Å². The Balaban J connectivity index is 1.75. The lowest BCUT2D eigenvalue weighted by atomic mass is 9.84. The Bertz CT molecular complexity index is 2150. The van der Waals surface area contributed by atoms with Gasteiger partial charge in [-0.1, -0.05) is 192 Å². The van der Waals surface area contributed by atoms with Crippen molar-refractivity contribution in [1.29, 1.82) is 0 Å². The minimum Gasteiger partial charge on any atom is -0.463 e. The minimum atomic E-state index is -5.70. The molecule has 3 rings (SSSR count). The summed E-state index contributed by atoms with van der Waals surface area (Å²) in [6.45, 7) is 3.38. The van der Waals surface area contributed by atoms with E-state index in [0.717, 1.165) is 109 Å². The Morgan fingerprint density at radius 1 is 0.392 bits per heavy atom. The molecule has 0 amide bonds. The zero-order valence-electron chi connectivity index (χ0n) is 58.9. The van der Waals surface area contributed by atoms with Crippen LogP contribution in [0.2, 0.25) is 0 Å². The number of carbonyl (C=O) groups is 3. The molecular weight excluding hydrogens is 1280 g/mol. The van der Waals surface area contributed by atoms with Crippen LogP contribution < -0.4 is 0 Å². The number of hydrogen-bond donors (Lipinski definition) is 11. The van der Waals surface area contributed by atoms with Crippen molar-refractivity contribution in [2.24, 2.45) is 0 Å². The van der Waals surface area contributed by atoms with Gasteiger partial charge >= 0.3 is 25.7 Å². The Labute approximate surface area is 578 Å². The first kappa shape index (κ1) is 88.4. The number of unbranched alkanes of at least 4 members (excludes halogenated alkanes) is 30. The second-order valence-corrected chi connectivity index (χ2v) is 28.0. The average Bonchev–Trinajstić information content (AvgIpc) is 0.763. The molecular formula is C72H129O24P. The molecule has 11 N–H and O–H groups in total. The van der Waals surface area contributed by atoms with Gasteiger partial charge in [0.1, 0.15) is 98.7 Å². The fourth-order valence-corrected chi connectivity index (χ4v) is 12.9. The lowest BCUT2D eigenvalue weighted by molar-refractivity contribution is -0.360. The Morgan fingerprint density at radius 3 is 1.13 bits per heavy atom. The highest BCUT2D eigenvalue weighted by Gasteiger charge is 2.58. The molecule has 0 aromatic carbocycles. The first-order valence-electron chi connectivity index (χ1n) is 37.3. The van der Waals surface area contributed by atoms with Crippen LogP contribution in [0.4, 0.5) is 0 Å². The predicted octanol–water partition coefficient (Wildman–Crippen LogP) is 9.90. The Morgan fingerprint density at radius 2 is 0.722 bits per heavy atom. The smallest absolute Gasteiger partial charge is 0.463 e. The van der Waals surface area contributed by atoms with Gasteiger partial charge in [0.25, 0.3) is 0 Å². The summed E-state index contributed by atoms with van der Waals surface area (Å²) in [6, 6.07) is 0. The van der Waals surface area contributed by atoms with E-state index in [0.29, 0.717) is 25.7 Å². The standard InChI is InChI=1S/C72H129O24P/c1-4-7-10-13-16-19-22-25-27-30-32-34-37-40-43-46-56(74)88-50-53(91-58(76)48-45-42-39-36-33-29-26-23-20-17-14-11-8-5-2)51-90-97(86,87)96-70-68(94-71-66(84)61(79)59(77)54(49-73)92-71)64(82)63(81)65(83)69(70)95-72-67(85)62(80)60(78)55(93-72)52-89-57(75)47-44-41-38-35-31-28-24-21-18-15-12-9-6-3/h19,22,28-29,31,33,53-55,59-73,77-85H,4-18,20-21,23-27,30,32,34-52H2,1-3H3,(H,86,87)/b22-19-,31-28-,33-29-. The summed E-state index contributed by atoms with van der Waals surface area (Å²) < 4.78 is 64.9. The molecule has 1 saturated carbocycles. The molecule has 24 nitrogen and oxygen atoms in total. The largest absolute Gasteiger partial charge is 0.472 e. The first-order valence-corrected chi connectivity index (χ1v) is 38.8. The summed E-state index contributed by atoms with van der Waals surface area (Å²) in [4.78, 5) is 50.9. The number of esters is 3. The van der Waals surface area contributed by atoms with Crippen molar-refractivity contribution in [2.45, 2.75) is 375 Å². The maximum absolute atomic E-state index is 14.3. The van der Waals surface area contributed by atoms with E-state index in [-0.39, 0.29) is 19.3 Å². The molecule has 3 aliphatic rings. The topological polar surface area (TPSA) is 374 Å². The SMILES string of the molecule is CCCCCC/C=C\CCCCCCCCCC(=O)OCC(COP(=O)(O)OC1C(OC2OC(CO)C(O)C(O)C2O)C(O)C(O)C(O)C1OC1OC(COC(=O)CCCCC/C=C\CCCCCCCC)C(O)C(O)C1O)OC(=O)CCCCC/C=C\CCCCCCCCC. The second kappa shape index (κ2) is 53.9. The molecule has 0 bridgehead atoms. The van der Waals surface area contributed by atoms with Crippen LogP contribution in [0.15, 0.2) is 36.5 Å². The number of rotatable bonds is 57. The molecule has 0 spiro atoms. The minimum absolute atomic E-state index is 0.00635. The van der Waals surface area contributed by atoms with E-state index in [9.17, 15) is 74.9 Å². The quantitative estimate of drug-likeness (QED) is 0.00886. The van der Waals surface area contributed by atoms with Gasteiger partial charge in [0.2, 0.25) is 0 Å². The van der Waals surface area contributed by atoms with Crippen molar-refractivity contribution < 1.29 is 117 Å². The Kier molecular flexibility index (Phi) is 49.1. The summed E-state index contributed by atoms with van der Waals surface area (Å²) in [6.07, 6.45) is 15.1. The van der Waals surface area contributed by atoms with Gasteiger partial charge < -0.3 is 89.1 Å². The molecule has 18 unspecified atom stereocenters. The molecule has 18 atom stereocenters. The lowest BCUT2D eigenvalue weighted by Gasteiger charge is -2.49. The van der Waals surface area contributed by atoms with Crippen LogP contribution >= 0.6 is 7.82 Å². The van der Waals surface area contributed by atoms with Crippen LogP contribution in [-0.2, 0) is 61.2 Å². The van der Waals surface area contributed by atoms with Crippen molar-refractivity contribution in [3.8, 4) is 0 Å². The van der Waals surface area contributed by atoms with Crippen LogP contribution in [0.3, 0.4) is 0 Å². The van der Waals surface area contributed by atoms with Gasteiger partial charge in [-0.2, -0.15) is 0 Å². The summed E-state index contributed by atoms with van der Waals surface area (Å²) >= 11 is 0. The van der Waals surface area contributed by atoms with E-state index < -0.39 is 156 Å². The van der Waals surface area contributed by atoms with E-state index in [1.54, 1.807) is 0 Å². The zero-order chi connectivity index (χ0) is 71.1. The van der Waals surface area contributed by atoms with E-state index in [1.807, 2.05) is 0 Å². The number of phosphoric ester groups is 1. The van der Waals surface area contributed by atoms with Gasteiger partial charge in [0, 0.05) is 19.3 Å². The summed E-state index contributed by atoms with van der Waals surface area (Å²) in [5.41, 5.74) is 0. The monoisotopic (exact) mass is 1410 g/mol. The number of aliphatic hydroxyl groups is 10. The number of hydrogen-bond acceptors (Lipinski definition) is 23. The number of allylic oxidation sites excluding steroid dienone is 6. The van der Waals surface area contributed by atoms with Crippen LogP contribution in [-0.4, -0.2) is 204 Å². The molecule has 2 heterocycles. The molecule has 2 aliphatic heterocycles. The fourth-order valence-electron chi connectivity index (χ4n) is 12.0. The lowest BCUT2D eigenvalue weighted by Crippen LogP contribution is -2.69. The van der Waals surface area contributed by atoms with Crippen LogP contribution in [0, 0.1) is 0 Å². The summed E-state index contributed by atoms with van der Waals surface area (Å²) in [5.74, 6) is -2.03. The maximum Gasteiger partial charge on any atom is 0.472 e. The van der Waals surface area contributed by atoms with Crippen molar-refractivity contribution in [3.05, 3.63) is 36.5 Å². The molecule has 97 heavy (non-hydrogen) atoms. The predicted molar refractivity (Wildman–Crippen MR) is 365 cm³/mol. The van der Waals surface area contributed by atoms with E-state index in [1.165, 1.54) is 96.3 Å². The van der Waals surface area contributed by atoms with Crippen molar-refractivity contribution in [3.63, 3.8) is 0 Å². The van der Waals surface area contributed by atoms with Gasteiger partial charge in [-0.3, -0.25) is 23.4 Å². The highest BCUT2D eigenvalue weighted by atomic mass is 31.2. The number of carbonyl (C=O) groups excluding carboxylic acids is 3.